The van der Waals surface area contributed by atoms with E-state index < -0.39 is 11.9 Å². The molecule has 1 fully saturated rings. The molecule has 1 aliphatic carbocycles. The van der Waals surface area contributed by atoms with Gasteiger partial charge in [0.1, 0.15) is 0 Å². The molecule has 1 radical (unpaired) electrons. The molecular formula is C21H23N4O2. The minimum Gasteiger partial charge on any atom is -0.366 e. The Hall–Kier alpha value is -2.86. The number of nitrogens with two attached hydrogens (primary N) is 1. The van der Waals surface area contributed by atoms with Crippen LogP contribution in [-0.4, -0.2) is 18.0 Å². The molecule has 0 saturated heterocycles. The smallest absolute Gasteiger partial charge is 0.346 e. The summed E-state index contributed by atoms with van der Waals surface area (Å²) in [7, 11) is 0. The third-order valence-corrected chi connectivity index (χ3v) is 5.50. The Morgan fingerprint density at radius 2 is 1.89 bits per heavy atom. The normalized spacial score (nSPS) is 21.3. The van der Waals surface area contributed by atoms with Gasteiger partial charge in [0.25, 0.3) is 0 Å². The molecule has 139 valence electrons. The van der Waals surface area contributed by atoms with E-state index in [1.54, 1.807) is 6.07 Å². The number of carbonyl (C=O) groups excluding carboxylic acids is 2. The van der Waals surface area contributed by atoms with Crippen LogP contribution in [0.4, 0.5) is 16.2 Å². The van der Waals surface area contributed by atoms with Crippen molar-refractivity contribution in [2.24, 2.45) is 5.73 Å². The molecule has 0 atom stereocenters. The molecule has 4 rings (SSSR count). The van der Waals surface area contributed by atoms with Gasteiger partial charge in [-0.15, -0.1) is 0 Å². The topological polar surface area (TPSA) is 98.3 Å². The predicted molar refractivity (Wildman–Crippen MR) is 104 cm³/mol. The number of urea groups is 1. The minimum absolute atomic E-state index is 0.269. The van der Waals surface area contributed by atoms with Gasteiger partial charge in [0.05, 0.1) is 11.4 Å². The molecule has 4 N–H and O–H groups in total. The lowest BCUT2D eigenvalue weighted by Crippen LogP contribution is -2.32. The number of anilines is 1. The van der Waals surface area contributed by atoms with Crippen LogP contribution in [0.5, 0.6) is 0 Å². The van der Waals surface area contributed by atoms with Gasteiger partial charge >= 0.3 is 6.03 Å². The Bertz CT molecular complexity index is 858. The fraction of sp³-hybridized carbons (Fsp3) is 0.333. The van der Waals surface area contributed by atoms with Crippen LogP contribution in [0.25, 0.3) is 0 Å². The van der Waals surface area contributed by atoms with Crippen LogP contribution in [0.3, 0.4) is 0 Å². The van der Waals surface area contributed by atoms with Gasteiger partial charge in [-0.2, -0.15) is 5.32 Å². The molecule has 0 aromatic heterocycles. The molecule has 1 aliphatic heterocycles. The second-order valence-corrected chi connectivity index (χ2v) is 7.28. The molecule has 0 bridgehead atoms. The highest BCUT2D eigenvalue weighted by Crippen LogP contribution is 2.39. The van der Waals surface area contributed by atoms with Crippen molar-refractivity contribution in [1.82, 2.24) is 10.6 Å². The van der Waals surface area contributed by atoms with Gasteiger partial charge in [-0.1, -0.05) is 30.3 Å². The molecule has 1 saturated carbocycles. The van der Waals surface area contributed by atoms with Gasteiger partial charge in [-0.25, -0.2) is 4.79 Å². The number of amides is 3. The fourth-order valence-electron chi connectivity index (χ4n) is 4.07. The zero-order valence-electron chi connectivity index (χ0n) is 15.1. The van der Waals surface area contributed by atoms with E-state index in [2.05, 4.69) is 40.2 Å². The van der Waals surface area contributed by atoms with Crippen LogP contribution in [0.15, 0.2) is 42.5 Å². The maximum Gasteiger partial charge on any atom is 0.346 e. The van der Waals surface area contributed by atoms with Gasteiger partial charge in [0.2, 0.25) is 5.91 Å². The molecular weight excluding hydrogens is 340 g/mol. The van der Waals surface area contributed by atoms with Crippen LogP contribution in [0, 0.1) is 0 Å². The monoisotopic (exact) mass is 363 g/mol. The third kappa shape index (κ3) is 3.80. The molecule has 2 aromatic rings. The lowest BCUT2D eigenvalue weighted by Gasteiger charge is -2.30. The van der Waals surface area contributed by atoms with E-state index in [1.807, 2.05) is 12.1 Å². The van der Waals surface area contributed by atoms with E-state index in [9.17, 15) is 9.59 Å². The molecule has 3 amide bonds. The first-order valence-corrected chi connectivity index (χ1v) is 9.38. The average Bonchev–Trinajstić information content (AvgIpc) is 3.05. The average molecular weight is 363 g/mol. The number of hydrogen-bond donors (Lipinski definition) is 3. The highest BCUT2D eigenvalue weighted by Gasteiger charge is 2.28. The molecule has 2 aromatic carbocycles. The van der Waals surface area contributed by atoms with Crippen LogP contribution < -0.4 is 21.7 Å². The van der Waals surface area contributed by atoms with Gasteiger partial charge in [-0.05, 0) is 54.9 Å². The van der Waals surface area contributed by atoms with Crippen LogP contribution in [-0.2, 0) is 6.54 Å². The van der Waals surface area contributed by atoms with Crippen molar-refractivity contribution in [1.29, 1.82) is 0 Å². The SMILES string of the molecule is NC(=O)c1cc2c(cc1C1CCC(NCc3ccccc3)CC1)NC(=O)[N]2. The second-order valence-electron chi connectivity index (χ2n) is 7.28. The summed E-state index contributed by atoms with van der Waals surface area (Å²) in [5.41, 5.74) is 9.46. The van der Waals surface area contributed by atoms with Crippen molar-refractivity contribution < 1.29 is 9.59 Å². The van der Waals surface area contributed by atoms with Gasteiger partial charge < -0.3 is 16.4 Å². The van der Waals surface area contributed by atoms with Gasteiger partial charge in [0.15, 0.2) is 0 Å². The van der Waals surface area contributed by atoms with E-state index in [1.165, 1.54) is 5.56 Å². The molecule has 1 heterocycles. The Morgan fingerprint density at radius 1 is 1.15 bits per heavy atom. The van der Waals surface area contributed by atoms with E-state index in [0.717, 1.165) is 37.8 Å². The molecule has 0 spiro atoms. The second kappa shape index (κ2) is 7.40. The first-order valence-electron chi connectivity index (χ1n) is 9.38. The third-order valence-electron chi connectivity index (χ3n) is 5.50. The summed E-state index contributed by atoms with van der Waals surface area (Å²) in [6.45, 7) is 0.870. The Labute approximate surface area is 158 Å². The first-order chi connectivity index (χ1) is 13.1. The molecule has 27 heavy (non-hydrogen) atoms. The summed E-state index contributed by atoms with van der Waals surface area (Å²) in [5, 5.41) is 10.2. The van der Waals surface area contributed by atoms with E-state index in [-0.39, 0.29) is 5.92 Å². The van der Waals surface area contributed by atoms with Crippen LogP contribution in [0.1, 0.15) is 53.1 Å². The largest absolute Gasteiger partial charge is 0.366 e. The summed E-state index contributed by atoms with van der Waals surface area (Å²) >= 11 is 0. The van der Waals surface area contributed by atoms with Crippen molar-refractivity contribution in [3.05, 3.63) is 59.2 Å². The number of rotatable bonds is 5. The van der Waals surface area contributed by atoms with Gasteiger partial charge in [0, 0.05) is 18.2 Å². The fourth-order valence-corrected chi connectivity index (χ4v) is 4.07. The van der Waals surface area contributed by atoms with Crippen molar-refractivity contribution in [3.8, 4) is 0 Å². The quantitative estimate of drug-likeness (QED) is 0.759. The highest BCUT2D eigenvalue weighted by molar-refractivity contribution is 6.05. The maximum atomic E-state index is 11.9. The van der Waals surface area contributed by atoms with E-state index in [4.69, 9.17) is 5.73 Å². The maximum absolute atomic E-state index is 11.9. The highest BCUT2D eigenvalue weighted by atomic mass is 16.2. The Morgan fingerprint density at radius 3 is 2.59 bits per heavy atom. The number of carbonyl (C=O) groups is 2. The van der Waals surface area contributed by atoms with Crippen molar-refractivity contribution in [2.45, 2.75) is 44.2 Å². The van der Waals surface area contributed by atoms with Crippen molar-refractivity contribution in [2.75, 3.05) is 5.32 Å². The number of nitrogens with zero attached hydrogens (tertiary/aromatic N) is 1. The zero-order chi connectivity index (χ0) is 18.8. The molecule has 6 nitrogen and oxygen atoms in total. The molecule has 0 unspecified atom stereocenters. The summed E-state index contributed by atoms with van der Waals surface area (Å²) in [4.78, 5) is 23.4. The van der Waals surface area contributed by atoms with Crippen LogP contribution in [0.2, 0.25) is 0 Å². The lowest BCUT2D eigenvalue weighted by molar-refractivity contribution is 0.0998. The number of primary amides is 1. The minimum atomic E-state index is -0.466. The van der Waals surface area contributed by atoms with E-state index in [0.29, 0.717) is 23.0 Å². The number of benzene rings is 2. The number of nitrogens with one attached hydrogen (secondary N) is 2. The Kier molecular flexibility index (Phi) is 4.81. The lowest BCUT2D eigenvalue weighted by atomic mass is 9.79. The number of hydrogen-bond acceptors (Lipinski definition) is 3. The van der Waals surface area contributed by atoms with Crippen LogP contribution >= 0.6 is 0 Å². The summed E-state index contributed by atoms with van der Waals surface area (Å²) in [6.07, 6.45) is 4.06. The number of fused-ring (bicyclic) bond motifs is 1. The molecule has 2 aliphatic rings. The Balaban J connectivity index is 1.43. The standard InChI is InChI=1S/C21H23N4O2/c22-20(26)17-11-19-18(24-21(27)25-19)10-16(17)14-6-8-15(9-7-14)23-12-13-4-2-1-3-5-13/h1-5,10-11,14-15,23H,6-9,12H2,(H2,22,26)(H,24,27). The summed E-state index contributed by atoms with van der Waals surface area (Å²) in [6, 6.07) is 14.0. The summed E-state index contributed by atoms with van der Waals surface area (Å²) < 4.78 is 0. The van der Waals surface area contributed by atoms with Gasteiger partial charge in [-0.3, -0.25) is 4.79 Å². The van der Waals surface area contributed by atoms with E-state index >= 15 is 0 Å². The predicted octanol–water partition coefficient (Wildman–Crippen LogP) is 3.38. The summed E-state index contributed by atoms with van der Waals surface area (Å²) in [5.74, 6) is -0.197. The zero-order valence-corrected chi connectivity index (χ0v) is 15.1. The van der Waals surface area contributed by atoms with Crippen molar-refractivity contribution >= 4 is 23.3 Å². The first kappa shape index (κ1) is 17.5. The molecule has 6 heteroatoms. The van der Waals surface area contributed by atoms with Crippen molar-refractivity contribution in [3.63, 3.8) is 0 Å².